The molecule has 0 heterocycles. The van der Waals surface area contributed by atoms with Crippen molar-refractivity contribution in [2.24, 2.45) is 5.41 Å². The van der Waals surface area contributed by atoms with Gasteiger partial charge in [-0.3, -0.25) is 4.79 Å². The topological polar surface area (TPSA) is 37.3 Å². The average molecular weight is 150 g/mol. The van der Waals surface area contributed by atoms with Crippen molar-refractivity contribution in [3.63, 3.8) is 0 Å². The number of rotatable bonds is 2. The third kappa shape index (κ3) is 1.52. The third-order valence-corrected chi connectivity index (χ3v) is 1.23. The Morgan fingerprint density at radius 3 is 2.10 bits per heavy atom. The highest BCUT2D eigenvalue weighted by Crippen LogP contribution is 2.27. The molecular weight excluding hydrogens is 142 g/mol. The second-order valence-electron chi connectivity index (χ2n) is 2.39. The number of hydrogen-bond donors (Lipinski definition) is 1. The van der Waals surface area contributed by atoms with E-state index in [1.807, 2.05) is 0 Å². The SMILES string of the molecule is CC(C)(C(=O)O)/C(F)=C\F. The Hall–Kier alpha value is -0.930. The van der Waals surface area contributed by atoms with Gasteiger partial charge in [-0.15, -0.1) is 0 Å². The Morgan fingerprint density at radius 2 is 2.00 bits per heavy atom. The summed E-state index contributed by atoms with van der Waals surface area (Å²) in [6.45, 7) is 2.17. The van der Waals surface area contributed by atoms with Crippen molar-refractivity contribution in [1.29, 1.82) is 0 Å². The molecule has 0 atom stereocenters. The smallest absolute Gasteiger partial charge is 0.316 e. The van der Waals surface area contributed by atoms with Gasteiger partial charge >= 0.3 is 5.97 Å². The van der Waals surface area contributed by atoms with Gasteiger partial charge in [-0.05, 0) is 13.8 Å². The molecule has 0 aromatic heterocycles. The van der Waals surface area contributed by atoms with Crippen molar-refractivity contribution < 1.29 is 18.7 Å². The van der Waals surface area contributed by atoms with Crippen molar-refractivity contribution in [2.75, 3.05) is 0 Å². The van der Waals surface area contributed by atoms with E-state index in [1.165, 1.54) is 0 Å². The summed E-state index contributed by atoms with van der Waals surface area (Å²) in [6.07, 6.45) is -0.339. The highest BCUT2D eigenvalue weighted by Gasteiger charge is 2.32. The first-order valence-electron chi connectivity index (χ1n) is 2.62. The molecule has 0 rings (SSSR count). The normalized spacial score (nSPS) is 13.4. The molecule has 0 saturated heterocycles. The first-order valence-corrected chi connectivity index (χ1v) is 2.62. The number of aliphatic carboxylic acids is 1. The third-order valence-electron chi connectivity index (χ3n) is 1.23. The molecule has 0 aliphatic rings. The molecule has 0 spiro atoms. The summed E-state index contributed by atoms with van der Waals surface area (Å²) >= 11 is 0. The maximum Gasteiger partial charge on any atom is 0.316 e. The summed E-state index contributed by atoms with van der Waals surface area (Å²) in [5.74, 6) is -2.67. The van der Waals surface area contributed by atoms with Gasteiger partial charge in [-0.2, -0.15) is 0 Å². The molecule has 0 unspecified atom stereocenters. The summed E-state index contributed by atoms with van der Waals surface area (Å²) in [4.78, 5) is 10.2. The van der Waals surface area contributed by atoms with E-state index in [2.05, 4.69) is 0 Å². The van der Waals surface area contributed by atoms with Crippen LogP contribution in [-0.2, 0) is 4.79 Å². The van der Waals surface area contributed by atoms with Gasteiger partial charge in [0.2, 0.25) is 0 Å². The van der Waals surface area contributed by atoms with Crippen LogP contribution in [0.2, 0.25) is 0 Å². The number of halogens is 2. The van der Waals surface area contributed by atoms with Gasteiger partial charge in [0.25, 0.3) is 0 Å². The van der Waals surface area contributed by atoms with Crippen LogP contribution in [0, 0.1) is 5.41 Å². The van der Waals surface area contributed by atoms with Gasteiger partial charge in [-0.25, -0.2) is 8.78 Å². The fourth-order valence-corrected chi connectivity index (χ4v) is 0.239. The average Bonchev–Trinajstić information content (AvgIpc) is 1.86. The van der Waals surface area contributed by atoms with Gasteiger partial charge in [0.1, 0.15) is 17.6 Å². The van der Waals surface area contributed by atoms with E-state index in [-0.39, 0.29) is 6.33 Å². The van der Waals surface area contributed by atoms with Crippen molar-refractivity contribution in [3.8, 4) is 0 Å². The molecular formula is C6H8F2O2. The van der Waals surface area contributed by atoms with Crippen LogP contribution in [0.3, 0.4) is 0 Å². The van der Waals surface area contributed by atoms with Crippen LogP contribution in [0.1, 0.15) is 13.8 Å². The molecule has 0 aliphatic heterocycles. The van der Waals surface area contributed by atoms with E-state index < -0.39 is 17.2 Å². The molecule has 58 valence electrons. The quantitative estimate of drug-likeness (QED) is 0.652. The van der Waals surface area contributed by atoms with E-state index in [1.54, 1.807) is 0 Å². The lowest BCUT2D eigenvalue weighted by molar-refractivity contribution is -0.145. The Labute approximate surface area is 57.2 Å². The molecule has 1 N–H and O–H groups in total. The first-order chi connectivity index (χ1) is 4.42. The summed E-state index contributed by atoms with van der Waals surface area (Å²) in [6, 6.07) is 0. The van der Waals surface area contributed by atoms with E-state index in [9.17, 15) is 13.6 Å². The fraction of sp³-hybridized carbons (Fsp3) is 0.500. The number of carboxylic acid groups (broad SMARTS) is 1. The molecule has 4 heteroatoms. The number of carboxylic acids is 1. The van der Waals surface area contributed by atoms with Crippen LogP contribution in [0.5, 0.6) is 0 Å². The van der Waals surface area contributed by atoms with E-state index >= 15 is 0 Å². The molecule has 0 amide bonds. The number of hydrogen-bond acceptors (Lipinski definition) is 1. The summed E-state index contributed by atoms with van der Waals surface area (Å²) < 4.78 is 23.7. The zero-order chi connectivity index (χ0) is 8.36. The van der Waals surface area contributed by atoms with Crippen molar-refractivity contribution >= 4 is 5.97 Å². The van der Waals surface area contributed by atoms with E-state index in [4.69, 9.17) is 5.11 Å². The highest BCUT2D eigenvalue weighted by atomic mass is 19.2. The molecule has 0 saturated carbocycles. The van der Waals surface area contributed by atoms with Crippen LogP contribution >= 0.6 is 0 Å². The zero-order valence-corrected chi connectivity index (χ0v) is 5.69. The molecule has 0 aliphatic carbocycles. The minimum atomic E-state index is -1.76. The standard InChI is InChI=1S/C6H8F2O2/c1-6(2,5(9)10)4(8)3-7/h3H,1-2H3,(H,9,10)/b4-3+. The minimum absolute atomic E-state index is 0.339. The zero-order valence-electron chi connectivity index (χ0n) is 5.69. The monoisotopic (exact) mass is 150 g/mol. The predicted molar refractivity (Wildman–Crippen MR) is 31.7 cm³/mol. The summed E-state index contributed by atoms with van der Waals surface area (Å²) in [5, 5.41) is 8.30. The lowest BCUT2D eigenvalue weighted by atomic mass is 9.93. The van der Waals surface area contributed by atoms with Gasteiger partial charge < -0.3 is 5.11 Å². The Balaban J connectivity index is 4.56. The predicted octanol–water partition coefficient (Wildman–Crippen LogP) is 1.88. The minimum Gasteiger partial charge on any atom is -0.481 e. The summed E-state index contributed by atoms with van der Waals surface area (Å²) in [7, 11) is 0. The van der Waals surface area contributed by atoms with Gasteiger partial charge in [-0.1, -0.05) is 0 Å². The Morgan fingerprint density at radius 1 is 1.60 bits per heavy atom. The number of carbonyl (C=O) groups is 1. The molecule has 10 heavy (non-hydrogen) atoms. The largest absolute Gasteiger partial charge is 0.481 e. The van der Waals surface area contributed by atoms with Crippen molar-refractivity contribution in [2.45, 2.75) is 13.8 Å². The van der Waals surface area contributed by atoms with Crippen molar-refractivity contribution in [1.82, 2.24) is 0 Å². The lowest BCUT2D eigenvalue weighted by Gasteiger charge is -2.14. The van der Waals surface area contributed by atoms with Crippen LogP contribution in [0.25, 0.3) is 0 Å². The van der Waals surface area contributed by atoms with Crippen LogP contribution in [0.15, 0.2) is 12.2 Å². The van der Waals surface area contributed by atoms with Crippen LogP contribution < -0.4 is 0 Å². The highest BCUT2D eigenvalue weighted by molar-refractivity contribution is 5.76. The van der Waals surface area contributed by atoms with Crippen LogP contribution in [-0.4, -0.2) is 11.1 Å². The maximum absolute atomic E-state index is 12.3. The van der Waals surface area contributed by atoms with Crippen LogP contribution in [0.4, 0.5) is 8.78 Å². The van der Waals surface area contributed by atoms with E-state index in [0.29, 0.717) is 0 Å². The fourth-order valence-electron chi connectivity index (χ4n) is 0.239. The molecule has 2 nitrogen and oxygen atoms in total. The second-order valence-corrected chi connectivity index (χ2v) is 2.39. The van der Waals surface area contributed by atoms with Crippen molar-refractivity contribution in [3.05, 3.63) is 12.2 Å². The maximum atomic E-state index is 12.3. The van der Waals surface area contributed by atoms with Gasteiger partial charge in [0, 0.05) is 0 Å². The molecule has 0 fully saturated rings. The second kappa shape index (κ2) is 2.77. The molecule has 0 aromatic carbocycles. The lowest BCUT2D eigenvalue weighted by Crippen LogP contribution is -2.24. The van der Waals surface area contributed by atoms with Gasteiger partial charge in [0.05, 0.1) is 0 Å². The van der Waals surface area contributed by atoms with Gasteiger partial charge in [0.15, 0.2) is 0 Å². The molecule has 0 radical (unpaired) electrons. The first kappa shape index (κ1) is 9.07. The van der Waals surface area contributed by atoms with E-state index in [0.717, 1.165) is 13.8 Å². The Bertz CT molecular complexity index is 173. The molecule has 0 aromatic rings. The Kier molecular flexibility index (Phi) is 2.51. The summed E-state index contributed by atoms with van der Waals surface area (Å²) in [5.41, 5.74) is -1.76. The molecule has 0 bridgehead atoms.